The molecule has 1 aliphatic rings. The fourth-order valence-corrected chi connectivity index (χ4v) is 3.94. The monoisotopic (exact) mass is 422 g/mol. The van der Waals surface area contributed by atoms with E-state index in [9.17, 15) is 5.11 Å². The Morgan fingerprint density at radius 3 is 2.37 bits per heavy atom. The lowest BCUT2D eigenvalue weighted by Gasteiger charge is -2.10. The molecule has 5 rings (SSSR count). The van der Waals surface area contributed by atoms with Gasteiger partial charge in [0.1, 0.15) is 22.6 Å². The number of benzene rings is 2. The van der Waals surface area contributed by atoms with Crippen LogP contribution in [0.1, 0.15) is 31.7 Å². The summed E-state index contributed by atoms with van der Waals surface area (Å²) in [5, 5.41) is 15.4. The molecule has 0 saturated heterocycles. The number of nitrogens with zero attached hydrogens (tertiary/aromatic N) is 4. The second-order valence-corrected chi connectivity index (χ2v) is 7.53. The summed E-state index contributed by atoms with van der Waals surface area (Å²) in [7, 11) is 0. The van der Waals surface area contributed by atoms with Crippen molar-refractivity contribution in [3.8, 4) is 29.0 Å². The predicted molar refractivity (Wildman–Crippen MR) is 113 cm³/mol. The van der Waals surface area contributed by atoms with Gasteiger partial charge >= 0.3 is 0 Å². The first-order valence-corrected chi connectivity index (χ1v) is 10.2. The Hall–Kier alpha value is -3.32. The van der Waals surface area contributed by atoms with Crippen molar-refractivity contribution in [2.45, 2.75) is 31.7 Å². The fourth-order valence-electron chi connectivity index (χ4n) is 3.78. The first-order valence-electron chi connectivity index (χ1n) is 9.83. The van der Waals surface area contributed by atoms with Crippen LogP contribution < -0.4 is 9.47 Å². The summed E-state index contributed by atoms with van der Waals surface area (Å²) in [4.78, 5) is 8.18. The third-order valence-electron chi connectivity index (χ3n) is 5.14. The average Bonchev–Trinajstić information content (AvgIpc) is 3.37. The second kappa shape index (κ2) is 7.84. The first-order chi connectivity index (χ1) is 14.7. The Balaban J connectivity index is 1.50. The maximum atomic E-state index is 10.4. The number of aromatic nitrogens is 4. The Morgan fingerprint density at radius 1 is 0.900 bits per heavy atom. The van der Waals surface area contributed by atoms with E-state index < -0.39 is 0 Å². The van der Waals surface area contributed by atoms with Crippen LogP contribution in [0.4, 0.5) is 0 Å². The molecule has 2 heterocycles. The first kappa shape index (κ1) is 18.7. The van der Waals surface area contributed by atoms with Crippen LogP contribution in [0.3, 0.4) is 0 Å². The van der Waals surface area contributed by atoms with Crippen LogP contribution in [0.5, 0.6) is 29.0 Å². The van der Waals surface area contributed by atoms with Crippen LogP contribution in [-0.2, 0) is 0 Å². The zero-order valence-electron chi connectivity index (χ0n) is 16.0. The van der Waals surface area contributed by atoms with Crippen molar-refractivity contribution in [2.75, 3.05) is 0 Å². The number of ether oxygens (including phenoxy) is 2. The number of halogens is 1. The molecule has 1 N–H and O–H groups in total. The average molecular weight is 423 g/mol. The van der Waals surface area contributed by atoms with Crippen molar-refractivity contribution in [3.63, 3.8) is 0 Å². The normalized spacial score (nSPS) is 14.3. The number of fused-ring (bicyclic) bond motifs is 1. The van der Waals surface area contributed by atoms with E-state index in [-0.39, 0.29) is 23.1 Å². The molecule has 152 valence electrons. The van der Waals surface area contributed by atoms with Crippen LogP contribution in [0.25, 0.3) is 11.0 Å². The number of para-hydroxylation sites is 1. The van der Waals surface area contributed by atoms with Crippen LogP contribution in [0, 0.1) is 0 Å². The zero-order chi connectivity index (χ0) is 20.5. The van der Waals surface area contributed by atoms with Gasteiger partial charge < -0.3 is 14.6 Å². The highest BCUT2D eigenvalue weighted by molar-refractivity contribution is 6.28. The van der Waals surface area contributed by atoms with Crippen molar-refractivity contribution in [1.82, 2.24) is 19.7 Å². The minimum atomic E-state index is -0.249. The van der Waals surface area contributed by atoms with Gasteiger partial charge in [0.05, 0.1) is 6.04 Å². The van der Waals surface area contributed by atoms with E-state index in [0.717, 1.165) is 31.4 Å². The van der Waals surface area contributed by atoms with E-state index in [0.29, 0.717) is 22.5 Å². The van der Waals surface area contributed by atoms with Crippen LogP contribution in [-0.4, -0.2) is 24.9 Å². The molecule has 7 nitrogen and oxygen atoms in total. The fraction of sp³-hybridized carbons (Fsp3) is 0.227. The molecule has 0 aliphatic heterocycles. The molecule has 0 unspecified atom stereocenters. The maximum absolute atomic E-state index is 10.4. The SMILES string of the molecule is Oc1nc(Cl)nc2c1c(Oc1cccc(Oc3ccccc3)c1)nn2C1CCCC1. The lowest BCUT2D eigenvalue weighted by Crippen LogP contribution is -2.07. The summed E-state index contributed by atoms with van der Waals surface area (Å²) < 4.78 is 13.7. The van der Waals surface area contributed by atoms with Gasteiger partial charge in [-0.3, -0.25) is 0 Å². The van der Waals surface area contributed by atoms with Crippen LogP contribution >= 0.6 is 11.6 Å². The van der Waals surface area contributed by atoms with E-state index in [1.54, 1.807) is 16.8 Å². The lowest BCUT2D eigenvalue weighted by atomic mass is 10.2. The molecule has 0 radical (unpaired) electrons. The van der Waals surface area contributed by atoms with Crippen molar-refractivity contribution < 1.29 is 14.6 Å². The molecule has 1 aliphatic carbocycles. The van der Waals surface area contributed by atoms with E-state index in [2.05, 4.69) is 15.1 Å². The number of hydrogen-bond donors (Lipinski definition) is 1. The van der Waals surface area contributed by atoms with Crippen molar-refractivity contribution in [1.29, 1.82) is 0 Å². The van der Waals surface area contributed by atoms with Crippen molar-refractivity contribution >= 4 is 22.6 Å². The summed E-state index contributed by atoms with van der Waals surface area (Å²) in [6, 6.07) is 16.9. The molecule has 2 aromatic carbocycles. The highest BCUT2D eigenvalue weighted by Gasteiger charge is 2.26. The standard InChI is InChI=1S/C22H19ClN4O3/c23-22-24-19-18(20(28)25-22)21(26-27(19)14-7-4-5-8-14)30-17-12-6-11-16(13-17)29-15-9-2-1-3-10-15/h1-3,6,9-14H,4-5,7-8H2,(H,24,25,28). The van der Waals surface area contributed by atoms with E-state index >= 15 is 0 Å². The van der Waals surface area contributed by atoms with Gasteiger partial charge in [-0.15, -0.1) is 5.10 Å². The minimum Gasteiger partial charge on any atom is -0.493 e. The summed E-state index contributed by atoms with van der Waals surface area (Å²) in [6.07, 6.45) is 4.26. The molecule has 0 amide bonds. The maximum Gasteiger partial charge on any atom is 0.253 e. The molecule has 8 heteroatoms. The molecule has 4 aromatic rings. The molecule has 1 saturated carbocycles. The molecule has 0 spiro atoms. The molecule has 2 aromatic heterocycles. The van der Waals surface area contributed by atoms with Crippen LogP contribution in [0.15, 0.2) is 54.6 Å². The minimum absolute atomic E-state index is 0.0241. The highest BCUT2D eigenvalue weighted by atomic mass is 35.5. The summed E-state index contributed by atoms with van der Waals surface area (Å²) in [6.45, 7) is 0. The van der Waals surface area contributed by atoms with E-state index in [1.807, 2.05) is 42.5 Å². The van der Waals surface area contributed by atoms with Gasteiger partial charge in [0, 0.05) is 6.07 Å². The molecule has 0 bridgehead atoms. The summed E-state index contributed by atoms with van der Waals surface area (Å²) in [5.74, 6) is 1.87. The molecular weight excluding hydrogens is 404 g/mol. The third-order valence-corrected chi connectivity index (χ3v) is 5.31. The van der Waals surface area contributed by atoms with Gasteiger partial charge in [0.15, 0.2) is 5.65 Å². The van der Waals surface area contributed by atoms with Gasteiger partial charge in [-0.2, -0.15) is 9.97 Å². The van der Waals surface area contributed by atoms with Gasteiger partial charge in [-0.25, -0.2) is 4.68 Å². The van der Waals surface area contributed by atoms with E-state index in [1.165, 1.54) is 0 Å². The quantitative estimate of drug-likeness (QED) is 0.404. The molecule has 30 heavy (non-hydrogen) atoms. The highest BCUT2D eigenvalue weighted by Crippen LogP contribution is 2.39. The predicted octanol–water partition coefficient (Wildman–Crippen LogP) is 5.89. The Bertz CT molecular complexity index is 1190. The smallest absolute Gasteiger partial charge is 0.253 e. The zero-order valence-corrected chi connectivity index (χ0v) is 16.8. The van der Waals surface area contributed by atoms with Gasteiger partial charge in [0.2, 0.25) is 11.2 Å². The molecule has 0 atom stereocenters. The lowest BCUT2D eigenvalue weighted by molar-refractivity contribution is 0.417. The van der Waals surface area contributed by atoms with Gasteiger partial charge in [-0.05, 0) is 48.7 Å². The van der Waals surface area contributed by atoms with Crippen LogP contribution in [0.2, 0.25) is 5.28 Å². The van der Waals surface area contributed by atoms with E-state index in [4.69, 9.17) is 21.1 Å². The van der Waals surface area contributed by atoms with Crippen molar-refractivity contribution in [2.24, 2.45) is 0 Å². The molecule has 1 fully saturated rings. The second-order valence-electron chi connectivity index (χ2n) is 7.19. The third kappa shape index (κ3) is 3.64. The Morgan fingerprint density at radius 2 is 1.60 bits per heavy atom. The topological polar surface area (TPSA) is 82.3 Å². The Labute approximate surface area is 177 Å². The Kier molecular flexibility index (Phi) is 4.88. The number of rotatable bonds is 5. The number of aromatic hydroxyl groups is 1. The largest absolute Gasteiger partial charge is 0.493 e. The summed E-state index contributed by atoms with van der Waals surface area (Å²) in [5.41, 5.74) is 0.478. The summed E-state index contributed by atoms with van der Waals surface area (Å²) >= 11 is 5.99. The van der Waals surface area contributed by atoms with Gasteiger partial charge in [0.25, 0.3) is 5.88 Å². The number of hydrogen-bond acceptors (Lipinski definition) is 6. The van der Waals surface area contributed by atoms with Gasteiger partial charge in [-0.1, -0.05) is 37.1 Å². The molecular formula is C22H19ClN4O3. The van der Waals surface area contributed by atoms with Crippen molar-refractivity contribution in [3.05, 3.63) is 59.9 Å².